The van der Waals surface area contributed by atoms with Crippen LogP contribution in [0.25, 0.3) is 10.9 Å². The van der Waals surface area contributed by atoms with Gasteiger partial charge in [0.25, 0.3) is 5.91 Å². The predicted molar refractivity (Wildman–Crippen MR) is 97.6 cm³/mol. The molecule has 1 saturated carbocycles. The Hall–Kier alpha value is -1.92. The Kier molecular flexibility index (Phi) is 5.39. The Balaban J connectivity index is 1.58. The standard InChI is InChI=1S/C19H27FN4O/c1-4-17(19(25)24(3)23-5-2)21-10-12-8-14(12)16-11-22-18-7-6-13(20)9-15(16)18/h6-7,9,11-12,14,17,21-23H,4-5,8,10H2,1-3H3. The summed E-state index contributed by atoms with van der Waals surface area (Å²) in [6, 6.07) is 4.69. The van der Waals surface area contributed by atoms with E-state index in [-0.39, 0.29) is 17.8 Å². The lowest BCUT2D eigenvalue weighted by atomic mass is 10.1. The number of benzene rings is 1. The van der Waals surface area contributed by atoms with Crippen molar-refractivity contribution in [1.29, 1.82) is 0 Å². The second kappa shape index (κ2) is 7.54. The zero-order valence-corrected chi connectivity index (χ0v) is 15.1. The van der Waals surface area contributed by atoms with Gasteiger partial charge in [0.2, 0.25) is 0 Å². The highest BCUT2D eigenvalue weighted by molar-refractivity contribution is 5.84. The fraction of sp³-hybridized carbons (Fsp3) is 0.526. The van der Waals surface area contributed by atoms with E-state index >= 15 is 0 Å². The number of halogens is 1. The molecule has 2 aromatic rings. The Morgan fingerprint density at radius 3 is 2.96 bits per heavy atom. The zero-order valence-electron chi connectivity index (χ0n) is 15.1. The number of hydrogen-bond donors (Lipinski definition) is 3. The van der Waals surface area contributed by atoms with Crippen molar-refractivity contribution in [3.63, 3.8) is 0 Å². The summed E-state index contributed by atoms with van der Waals surface area (Å²) in [6.07, 6.45) is 3.82. The number of nitrogens with one attached hydrogen (secondary N) is 3. The van der Waals surface area contributed by atoms with Crippen LogP contribution in [-0.4, -0.2) is 42.1 Å². The van der Waals surface area contributed by atoms with Gasteiger partial charge in [-0.2, -0.15) is 0 Å². The second-order valence-electron chi connectivity index (χ2n) is 6.81. The normalized spacial score (nSPS) is 20.6. The van der Waals surface area contributed by atoms with Gasteiger partial charge in [-0.15, -0.1) is 0 Å². The molecule has 0 spiro atoms. The van der Waals surface area contributed by atoms with E-state index in [9.17, 15) is 9.18 Å². The van der Waals surface area contributed by atoms with Gasteiger partial charge in [0.15, 0.2) is 0 Å². The van der Waals surface area contributed by atoms with Gasteiger partial charge in [0.1, 0.15) is 5.82 Å². The predicted octanol–water partition coefficient (Wildman–Crippen LogP) is 2.76. The van der Waals surface area contributed by atoms with Crippen LogP contribution >= 0.6 is 0 Å². The number of aromatic nitrogens is 1. The Bertz CT molecular complexity index is 744. The van der Waals surface area contributed by atoms with E-state index in [1.54, 1.807) is 24.2 Å². The molecule has 5 nitrogen and oxygen atoms in total. The van der Waals surface area contributed by atoms with E-state index in [4.69, 9.17) is 0 Å². The number of rotatable bonds is 8. The number of hydrazine groups is 1. The summed E-state index contributed by atoms with van der Waals surface area (Å²) in [6.45, 7) is 5.51. The van der Waals surface area contributed by atoms with Crippen LogP contribution in [-0.2, 0) is 4.79 Å². The molecule has 0 bridgehead atoms. The molecule has 3 unspecified atom stereocenters. The molecule has 25 heavy (non-hydrogen) atoms. The molecule has 6 heteroatoms. The molecule has 0 radical (unpaired) electrons. The minimum atomic E-state index is -0.202. The second-order valence-corrected chi connectivity index (χ2v) is 6.81. The van der Waals surface area contributed by atoms with Crippen molar-refractivity contribution in [2.75, 3.05) is 20.1 Å². The molecule has 1 aliphatic rings. The largest absolute Gasteiger partial charge is 0.361 e. The minimum absolute atomic E-state index is 0.0655. The first-order chi connectivity index (χ1) is 12.0. The summed E-state index contributed by atoms with van der Waals surface area (Å²) in [5.74, 6) is 0.790. The van der Waals surface area contributed by atoms with E-state index in [1.807, 2.05) is 20.0 Å². The van der Waals surface area contributed by atoms with Gasteiger partial charge >= 0.3 is 0 Å². The summed E-state index contributed by atoms with van der Waals surface area (Å²) in [7, 11) is 1.76. The average molecular weight is 346 g/mol. The van der Waals surface area contributed by atoms with Crippen LogP contribution in [0.1, 0.15) is 38.2 Å². The van der Waals surface area contributed by atoms with Crippen LogP contribution in [0.3, 0.4) is 0 Å². The number of amides is 1. The third kappa shape index (κ3) is 3.85. The number of carbonyl (C=O) groups is 1. The van der Waals surface area contributed by atoms with Crippen LogP contribution in [0.2, 0.25) is 0 Å². The lowest BCUT2D eigenvalue weighted by Crippen LogP contribution is -2.50. The number of H-pyrrole nitrogens is 1. The van der Waals surface area contributed by atoms with Crippen LogP contribution < -0.4 is 10.7 Å². The molecule has 1 amide bonds. The van der Waals surface area contributed by atoms with Gasteiger partial charge in [-0.05, 0) is 55.0 Å². The van der Waals surface area contributed by atoms with Crippen molar-refractivity contribution >= 4 is 16.8 Å². The first-order valence-electron chi connectivity index (χ1n) is 9.06. The van der Waals surface area contributed by atoms with Crippen molar-refractivity contribution in [1.82, 2.24) is 20.7 Å². The molecule has 1 aromatic carbocycles. The molecule has 1 heterocycles. The number of hydrogen-bond acceptors (Lipinski definition) is 3. The topological polar surface area (TPSA) is 60.2 Å². The molecule has 1 aromatic heterocycles. The van der Waals surface area contributed by atoms with Crippen molar-refractivity contribution in [3.05, 3.63) is 35.8 Å². The Labute approximate surface area is 147 Å². The number of carbonyl (C=O) groups excluding carboxylic acids is 1. The number of aromatic amines is 1. The highest BCUT2D eigenvalue weighted by atomic mass is 19.1. The van der Waals surface area contributed by atoms with E-state index in [2.05, 4.69) is 15.7 Å². The molecule has 0 aliphatic heterocycles. The van der Waals surface area contributed by atoms with Gasteiger partial charge in [-0.3, -0.25) is 9.80 Å². The smallest absolute Gasteiger partial charge is 0.253 e. The summed E-state index contributed by atoms with van der Waals surface area (Å²) in [4.78, 5) is 15.6. The number of fused-ring (bicyclic) bond motifs is 1. The quantitative estimate of drug-likeness (QED) is 0.644. The van der Waals surface area contributed by atoms with E-state index in [0.29, 0.717) is 11.8 Å². The molecule has 3 rings (SSSR count). The maximum absolute atomic E-state index is 13.5. The van der Waals surface area contributed by atoms with Gasteiger partial charge in [-0.1, -0.05) is 13.8 Å². The van der Waals surface area contributed by atoms with Crippen molar-refractivity contribution in [3.8, 4) is 0 Å². The van der Waals surface area contributed by atoms with E-state index < -0.39 is 0 Å². The maximum Gasteiger partial charge on any atom is 0.253 e. The number of likely N-dealkylation sites (N-methyl/N-ethyl adjacent to an activating group) is 1. The van der Waals surface area contributed by atoms with Crippen molar-refractivity contribution < 1.29 is 9.18 Å². The fourth-order valence-electron chi connectivity index (χ4n) is 3.52. The van der Waals surface area contributed by atoms with Crippen LogP contribution in [0.15, 0.2) is 24.4 Å². The first kappa shape index (κ1) is 17.9. The average Bonchev–Trinajstić information content (AvgIpc) is 3.25. The highest BCUT2D eigenvalue weighted by Gasteiger charge is 2.40. The summed E-state index contributed by atoms with van der Waals surface area (Å²) >= 11 is 0. The van der Waals surface area contributed by atoms with Crippen LogP contribution in [0.5, 0.6) is 0 Å². The highest BCUT2D eigenvalue weighted by Crippen LogP contribution is 2.49. The fourth-order valence-corrected chi connectivity index (χ4v) is 3.52. The molecule has 1 fully saturated rings. The third-order valence-electron chi connectivity index (χ3n) is 5.06. The van der Waals surface area contributed by atoms with E-state index in [0.717, 1.165) is 36.8 Å². The van der Waals surface area contributed by atoms with Gasteiger partial charge < -0.3 is 10.3 Å². The van der Waals surface area contributed by atoms with Gasteiger partial charge in [-0.25, -0.2) is 9.82 Å². The molecular weight excluding hydrogens is 319 g/mol. The minimum Gasteiger partial charge on any atom is -0.361 e. The lowest BCUT2D eigenvalue weighted by Gasteiger charge is -2.24. The summed E-state index contributed by atoms with van der Waals surface area (Å²) in [5, 5.41) is 5.94. The molecular formula is C19H27FN4O. The third-order valence-corrected chi connectivity index (χ3v) is 5.06. The SMILES string of the molecule is CCNN(C)C(=O)C(CC)NCC1CC1c1c[nH]c2ccc(F)cc12. The summed E-state index contributed by atoms with van der Waals surface area (Å²) < 4.78 is 13.5. The van der Waals surface area contributed by atoms with Gasteiger partial charge in [0.05, 0.1) is 6.04 Å². The molecule has 136 valence electrons. The lowest BCUT2D eigenvalue weighted by molar-refractivity contribution is -0.135. The maximum atomic E-state index is 13.5. The number of nitrogens with zero attached hydrogens (tertiary/aromatic N) is 1. The molecule has 3 atom stereocenters. The van der Waals surface area contributed by atoms with Gasteiger partial charge in [0, 0.05) is 30.7 Å². The molecule has 3 N–H and O–H groups in total. The Morgan fingerprint density at radius 1 is 1.44 bits per heavy atom. The summed E-state index contributed by atoms with van der Waals surface area (Å²) in [5.41, 5.74) is 5.19. The Morgan fingerprint density at radius 2 is 2.24 bits per heavy atom. The van der Waals surface area contributed by atoms with E-state index in [1.165, 1.54) is 11.6 Å². The molecule has 0 saturated heterocycles. The first-order valence-corrected chi connectivity index (χ1v) is 9.06. The monoisotopic (exact) mass is 346 g/mol. The molecule has 1 aliphatic carbocycles. The van der Waals surface area contributed by atoms with Crippen LogP contribution in [0.4, 0.5) is 4.39 Å². The van der Waals surface area contributed by atoms with Crippen molar-refractivity contribution in [2.24, 2.45) is 5.92 Å². The zero-order chi connectivity index (χ0) is 18.0. The van der Waals surface area contributed by atoms with Crippen LogP contribution in [0, 0.1) is 11.7 Å². The van der Waals surface area contributed by atoms with Crippen molar-refractivity contribution in [2.45, 2.75) is 38.6 Å².